The highest BCUT2D eigenvalue weighted by atomic mass is 16.3. The predicted octanol–water partition coefficient (Wildman–Crippen LogP) is 2.46. The van der Waals surface area contributed by atoms with Gasteiger partial charge in [0, 0.05) is 13.2 Å². The molecule has 1 aromatic heterocycles. The summed E-state index contributed by atoms with van der Waals surface area (Å²) in [5.41, 5.74) is 0.644. The van der Waals surface area contributed by atoms with E-state index in [9.17, 15) is 5.11 Å². The van der Waals surface area contributed by atoms with Crippen LogP contribution in [-0.4, -0.2) is 14.9 Å². The first-order valence-electron chi connectivity index (χ1n) is 5.95. The number of aliphatic hydroxyl groups is 1. The highest BCUT2D eigenvalue weighted by molar-refractivity contribution is 5.31. The van der Waals surface area contributed by atoms with Gasteiger partial charge in [-0.3, -0.25) is 4.68 Å². The molecule has 1 heterocycles. The van der Waals surface area contributed by atoms with Crippen molar-refractivity contribution >= 4 is 0 Å². The molecule has 0 saturated carbocycles. The molecule has 1 atom stereocenters. The Morgan fingerprint density at radius 1 is 1.24 bits per heavy atom. The van der Waals surface area contributed by atoms with E-state index in [1.54, 1.807) is 4.68 Å². The fraction of sp³-hybridized carbons (Fsp3) is 0.357. The molecule has 1 aromatic carbocycles. The standard InChI is InChI=1S/C14H18N2O/c1-3-10-14(17,12-7-5-4-6-8-12)13-9-11-16(2)15-13/h4-9,11,17H,3,10H2,1-2H3. The van der Waals surface area contributed by atoms with Crippen LogP contribution in [0.4, 0.5) is 0 Å². The summed E-state index contributed by atoms with van der Waals surface area (Å²) in [6.07, 6.45) is 3.44. The Kier molecular flexibility index (Phi) is 3.29. The van der Waals surface area contributed by atoms with E-state index in [-0.39, 0.29) is 0 Å². The summed E-state index contributed by atoms with van der Waals surface area (Å²) in [6, 6.07) is 11.6. The Bertz CT molecular complexity index is 478. The molecule has 3 heteroatoms. The lowest BCUT2D eigenvalue weighted by atomic mass is 9.86. The molecule has 0 radical (unpaired) electrons. The van der Waals surface area contributed by atoms with E-state index in [2.05, 4.69) is 12.0 Å². The Balaban J connectivity index is 2.46. The SMILES string of the molecule is CCCC(O)(c1ccccc1)c1ccn(C)n1. The fourth-order valence-electron chi connectivity index (χ4n) is 2.13. The smallest absolute Gasteiger partial charge is 0.133 e. The van der Waals surface area contributed by atoms with Crippen LogP contribution in [0, 0.1) is 0 Å². The van der Waals surface area contributed by atoms with E-state index in [0.29, 0.717) is 12.1 Å². The molecular weight excluding hydrogens is 212 g/mol. The van der Waals surface area contributed by atoms with Crippen LogP contribution in [0.1, 0.15) is 31.0 Å². The number of aryl methyl sites for hydroxylation is 1. The molecule has 1 N–H and O–H groups in total. The van der Waals surface area contributed by atoms with Gasteiger partial charge >= 0.3 is 0 Å². The van der Waals surface area contributed by atoms with Crippen molar-refractivity contribution in [2.75, 3.05) is 0 Å². The van der Waals surface area contributed by atoms with Crippen molar-refractivity contribution in [1.29, 1.82) is 0 Å². The van der Waals surface area contributed by atoms with Gasteiger partial charge in [0.25, 0.3) is 0 Å². The van der Waals surface area contributed by atoms with Crippen molar-refractivity contribution in [3.63, 3.8) is 0 Å². The van der Waals surface area contributed by atoms with Gasteiger partial charge in [-0.15, -0.1) is 0 Å². The van der Waals surface area contributed by atoms with Crippen molar-refractivity contribution in [3.8, 4) is 0 Å². The van der Waals surface area contributed by atoms with Crippen molar-refractivity contribution in [2.24, 2.45) is 7.05 Å². The second-order valence-electron chi connectivity index (χ2n) is 4.35. The highest BCUT2D eigenvalue weighted by Gasteiger charge is 2.32. The van der Waals surface area contributed by atoms with Crippen LogP contribution in [0.2, 0.25) is 0 Å². The lowest BCUT2D eigenvalue weighted by Crippen LogP contribution is -2.27. The third kappa shape index (κ3) is 2.24. The molecule has 0 aliphatic heterocycles. The normalized spacial score (nSPS) is 14.5. The molecular formula is C14H18N2O. The van der Waals surface area contributed by atoms with Crippen molar-refractivity contribution in [3.05, 3.63) is 53.9 Å². The summed E-state index contributed by atoms with van der Waals surface area (Å²) in [4.78, 5) is 0. The van der Waals surface area contributed by atoms with Crippen LogP contribution >= 0.6 is 0 Å². The Labute approximate surface area is 102 Å². The average molecular weight is 230 g/mol. The number of hydrogen-bond donors (Lipinski definition) is 1. The molecule has 3 nitrogen and oxygen atoms in total. The van der Waals surface area contributed by atoms with Crippen LogP contribution in [0.3, 0.4) is 0 Å². The Morgan fingerprint density at radius 2 is 1.94 bits per heavy atom. The number of aromatic nitrogens is 2. The second kappa shape index (κ2) is 4.72. The van der Waals surface area contributed by atoms with Crippen LogP contribution in [-0.2, 0) is 12.6 Å². The van der Waals surface area contributed by atoms with E-state index in [1.807, 2.05) is 49.6 Å². The van der Waals surface area contributed by atoms with E-state index in [0.717, 1.165) is 12.0 Å². The zero-order valence-corrected chi connectivity index (χ0v) is 10.3. The van der Waals surface area contributed by atoms with Gasteiger partial charge in [0.05, 0.1) is 5.69 Å². The average Bonchev–Trinajstić information content (AvgIpc) is 2.78. The summed E-state index contributed by atoms with van der Waals surface area (Å²) in [5.74, 6) is 0. The van der Waals surface area contributed by atoms with Crippen LogP contribution in [0.15, 0.2) is 42.6 Å². The molecule has 90 valence electrons. The molecule has 0 saturated heterocycles. The maximum absolute atomic E-state index is 10.9. The van der Waals surface area contributed by atoms with E-state index in [1.165, 1.54) is 0 Å². The lowest BCUT2D eigenvalue weighted by Gasteiger charge is -2.26. The molecule has 1 unspecified atom stereocenters. The lowest BCUT2D eigenvalue weighted by molar-refractivity contribution is 0.0650. The van der Waals surface area contributed by atoms with Gasteiger partial charge < -0.3 is 5.11 Å². The maximum Gasteiger partial charge on any atom is 0.133 e. The first-order chi connectivity index (χ1) is 8.16. The maximum atomic E-state index is 10.9. The minimum Gasteiger partial charge on any atom is -0.379 e. The summed E-state index contributed by atoms with van der Waals surface area (Å²) in [6.45, 7) is 2.07. The van der Waals surface area contributed by atoms with E-state index < -0.39 is 5.60 Å². The van der Waals surface area contributed by atoms with E-state index in [4.69, 9.17) is 0 Å². The Morgan fingerprint density at radius 3 is 2.47 bits per heavy atom. The third-order valence-corrected chi connectivity index (χ3v) is 3.00. The zero-order valence-electron chi connectivity index (χ0n) is 10.3. The predicted molar refractivity (Wildman–Crippen MR) is 67.6 cm³/mol. The zero-order chi connectivity index (χ0) is 12.3. The number of rotatable bonds is 4. The molecule has 0 aliphatic carbocycles. The quantitative estimate of drug-likeness (QED) is 0.876. The summed E-state index contributed by atoms with van der Waals surface area (Å²) < 4.78 is 1.72. The fourth-order valence-corrected chi connectivity index (χ4v) is 2.13. The van der Waals surface area contributed by atoms with Gasteiger partial charge in [0.15, 0.2) is 0 Å². The van der Waals surface area contributed by atoms with Crippen molar-refractivity contribution in [1.82, 2.24) is 9.78 Å². The molecule has 0 aliphatic rings. The first-order valence-corrected chi connectivity index (χ1v) is 5.95. The minimum absolute atomic E-state index is 0.675. The van der Waals surface area contributed by atoms with Gasteiger partial charge in [0.2, 0.25) is 0 Å². The molecule has 17 heavy (non-hydrogen) atoms. The third-order valence-electron chi connectivity index (χ3n) is 3.00. The molecule has 0 amide bonds. The van der Waals surface area contributed by atoms with Gasteiger partial charge in [-0.05, 0) is 18.1 Å². The number of hydrogen-bond acceptors (Lipinski definition) is 2. The topological polar surface area (TPSA) is 38.0 Å². The summed E-state index contributed by atoms with van der Waals surface area (Å²) >= 11 is 0. The van der Waals surface area contributed by atoms with Gasteiger partial charge in [-0.2, -0.15) is 5.10 Å². The largest absolute Gasteiger partial charge is 0.379 e. The van der Waals surface area contributed by atoms with Crippen LogP contribution in [0.5, 0.6) is 0 Å². The second-order valence-corrected chi connectivity index (χ2v) is 4.35. The van der Waals surface area contributed by atoms with Gasteiger partial charge in [-0.1, -0.05) is 43.7 Å². The first kappa shape index (κ1) is 11.9. The van der Waals surface area contributed by atoms with Crippen LogP contribution < -0.4 is 0 Å². The summed E-state index contributed by atoms with van der Waals surface area (Å²) in [5, 5.41) is 15.2. The molecule has 0 spiro atoms. The van der Waals surface area contributed by atoms with Crippen LogP contribution in [0.25, 0.3) is 0 Å². The van der Waals surface area contributed by atoms with E-state index >= 15 is 0 Å². The number of nitrogens with zero attached hydrogens (tertiary/aromatic N) is 2. The monoisotopic (exact) mass is 230 g/mol. The van der Waals surface area contributed by atoms with Crippen molar-refractivity contribution in [2.45, 2.75) is 25.4 Å². The molecule has 0 bridgehead atoms. The number of benzene rings is 1. The van der Waals surface area contributed by atoms with Gasteiger partial charge in [-0.25, -0.2) is 0 Å². The molecule has 0 fully saturated rings. The highest BCUT2D eigenvalue weighted by Crippen LogP contribution is 2.32. The van der Waals surface area contributed by atoms with Gasteiger partial charge in [0.1, 0.15) is 5.60 Å². The summed E-state index contributed by atoms with van der Waals surface area (Å²) in [7, 11) is 1.86. The molecule has 2 rings (SSSR count). The van der Waals surface area contributed by atoms with Crippen molar-refractivity contribution < 1.29 is 5.11 Å². The Hall–Kier alpha value is -1.61. The minimum atomic E-state index is -0.975. The molecule has 2 aromatic rings.